The molecule has 3 rings (SSSR count). The molecule has 0 saturated heterocycles. The number of carbonyl (C=O) groups excluding carboxylic acids is 1. The Morgan fingerprint density at radius 2 is 1.74 bits per heavy atom. The van der Waals surface area contributed by atoms with Gasteiger partial charge in [-0.1, -0.05) is 27.5 Å². The highest BCUT2D eigenvalue weighted by molar-refractivity contribution is 9.10. The molecule has 0 unspecified atom stereocenters. The van der Waals surface area contributed by atoms with E-state index in [2.05, 4.69) is 21.2 Å². The number of hydrogen-bond acceptors (Lipinski definition) is 2. The van der Waals surface area contributed by atoms with E-state index in [1.54, 1.807) is 25.1 Å². The lowest BCUT2D eigenvalue weighted by atomic mass is 10.1. The molecule has 0 atom stereocenters. The molecule has 23 heavy (non-hydrogen) atoms. The minimum absolute atomic E-state index is 0.200. The Balaban J connectivity index is 1.84. The molecule has 3 aromatic rings. The largest absolute Gasteiger partial charge is 0.461 e. The molecule has 1 N–H and O–H groups in total. The molecule has 0 spiro atoms. The van der Waals surface area contributed by atoms with Crippen LogP contribution in [0, 0.1) is 6.92 Å². The summed E-state index contributed by atoms with van der Waals surface area (Å²) in [4.78, 5) is 12.4. The Morgan fingerprint density at radius 3 is 2.39 bits per heavy atom. The van der Waals surface area contributed by atoms with Crippen LogP contribution in [0.2, 0.25) is 5.02 Å². The van der Waals surface area contributed by atoms with E-state index in [4.69, 9.17) is 16.0 Å². The predicted octanol–water partition coefficient (Wildman–Crippen LogP) is 5.92. The zero-order valence-corrected chi connectivity index (χ0v) is 14.6. The minimum Gasteiger partial charge on any atom is -0.461 e. The zero-order valence-electron chi connectivity index (χ0n) is 12.3. The Kier molecular flexibility index (Phi) is 4.55. The zero-order chi connectivity index (χ0) is 16.4. The number of halogens is 2. The van der Waals surface area contributed by atoms with E-state index in [1.165, 1.54) is 0 Å². The van der Waals surface area contributed by atoms with Gasteiger partial charge < -0.3 is 9.73 Å². The van der Waals surface area contributed by atoms with Crippen LogP contribution in [0.4, 0.5) is 5.69 Å². The van der Waals surface area contributed by atoms with Gasteiger partial charge in [0.1, 0.15) is 11.5 Å². The molecule has 0 saturated carbocycles. The fourth-order valence-corrected chi connectivity index (χ4v) is 2.59. The third-order valence-electron chi connectivity index (χ3n) is 3.39. The standard InChI is InChI=1S/C18H13BrClNO2/c1-11-16(18(22)21-15-8-4-13(19)5-9-15)10-17(23-11)12-2-6-14(20)7-3-12/h2-10H,1H3,(H,21,22). The predicted molar refractivity (Wildman–Crippen MR) is 96.0 cm³/mol. The van der Waals surface area contributed by atoms with Crippen molar-refractivity contribution in [1.29, 1.82) is 0 Å². The van der Waals surface area contributed by atoms with Gasteiger partial charge in [0.05, 0.1) is 5.56 Å². The molecule has 116 valence electrons. The van der Waals surface area contributed by atoms with Gasteiger partial charge in [0, 0.05) is 20.7 Å². The monoisotopic (exact) mass is 389 g/mol. The number of furan rings is 1. The Bertz CT molecular complexity index is 838. The molecule has 3 nitrogen and oxygen atoms in total. The van der Waals surface area contributed by atoms with Crippen molar-refractivity contribution >= 4 is 39.1 Å². The summed E-state index contributed by atoms with van der Waals surface area (Å²) in [6.45, 7) is 1.77. The molecular formula is C18H13BrClNO2. The number of rotatable bonds is 3. The van der Waals surface area contributed by atoms with E-state index >= 15 is 0 Å². The van der Waals surface area contributed by atoms with Crippen LogP contribution in [0.1, 0.15) is 16.1 Å². The second-order valence-electron chi connectivity index (χ2n) is 5.05. The Morgan fingerprint density at radius 1 is 1.09 bits per heavy atom. The second-order valence-corrected chi connectivity index (χ2v) is 6.40. The number of aryl methyl sites for hydroxylation is 1. The van der Waals surface area contributed by atoms with Gasteiger partial charge in [0.15, 0.2) is 0 Å². The van der Waals surface area contributed by atoms with E-state index in [1.807, 2.05) is 36.4 Å². The van der Waals surface area contributed by atoms with Gasteiger partial charge in [-0.3, -0.25) is 4.79 Å². The second kappa shape index (κ2) is 6.60. The van der Waals surface area contributed by atoms with Crippen LogP contribution in [-0.4, -0.2) is 5.91 Å². The first kappa shape index (κ1) is 15.8. The minimum atomic E-state index is -0.200. The summed E-state index contributed by atoms with van der Waals surface area (Å²) in [5.41, 5.74) is 2.12. The number of carbonyl (C=O) groups is 1. The summed E-state index contributed by atoms with van der Waals surface area (Å²) in [5, 5.41) is 3.52. The third-order valence-corrected chi connectivity index (χ3v) is 4.17. The van der Waals surface area contributed by atoms with Gasteiger partial charge in [0.25, 0.3) is 5.91 Å². The van der Waals surface area contributed by atoms with Crippen molar-refractivity contribution in [2.75, 3.05) is 5.32 Å². The average Bonchev–Trinajstić information content (AvgIpc) is 2.92. The van der Waals surface area contributed by atoms with Crippen molar-refractivity contribution in [3.63, 3.8) is 0 Å². The van der Waals surface area contributed by atoms with E-state index in [0.717, 1.165) is 15.7 Å². The first-order valence-electron chi connectivity index (χ1n) is 6.96. The topological polar surface area (TPSA) is 42.2 Å². The maximum Gasteiger partial charge on any atom is 0.259 e. The van der Waals surface area contributed by atoms with Gasteiger partial charge in [-0.25, -0.2) is 0 Å². The summed E-state index contributed by atoms with van der Waals surface area (Å²) in [5.74, 6) is 1.01. The molecule has 5 heteroatoms. The van der Waals surface area contributed by atoms with E-state index < -0.39 is 0 Å². The molecule has 1 heterocycles. The lowest BCUT2D eigenvalue weighted by Crippen LogP contribution is -2.11. The van der Waals surface area contributed by atoms with Crippen LogP contribution in [0.15, 0.2) is 63.5 Å². The van der Waals surface area contributed by atoms with Crippen molar-refractivity contribution in [3.8, 4) is 11.3 Å². The molecule has 0 bridgehead atoms. The number of nitrogens with one attached hydrogen (secondary N) is 1. The lowest BCUT2D eigenvalue weighted by molar-refractivity contribution is 0.102. The molecule has 0 aliphatic rings. The SMILES string of the molecule is Cc1oc(-c2ccc(Cl)cc2)cc1C(=O)Nc1ccc(Br)cc1. The first-order chi connectivity index (χ1) is 11.0. The molecular weight excluding hydrogens is 378 g/mol. The first-order valence-corrected chi connectivity index (χ1v) is 8.13. The van der Waals surface area contributed by atoms with Crippen molar-refractivity contribution < 1.29 is 9.21 Å². The molecule has 2 aromatic carbocycles. The molecule has 0 aliphatic carbocycles. The molecule has 1 aromatic heterocycles. The van der Waals surface area contributed by atoms with Crippen molar-refractivity contribution in [2.24, 2.45) is 0 Å². The average molecular weight is 391 g/mol. The molecule has 0 fully saturated rings. The fourth-order valence-electron chi connectivity index (χ4n) is 2.20. The maximum absolute atomic E-state index is 12.4. The number of hydrogen-bond donors (Lipinski definition) is 1. The highest BCUT2D eigenvalue weighted by Crippen LogP contribution is 2.27. The van der Waals surface area contributed by atoms with Gasteiger partial charge in [0.2, 0.25) is 0 Å². The van der Waals surface area contributed by atoms with Crippen LogP contribution >= 0.6 is 27.5 Å². The van der Waals surface area contributed by atoms with Crippen LogP contribution in [0.5, 0.6) is 0 Å². The molecule has 0 radical (unpaired) electrons. The smallest absolute Gasteiger partial charge is 0.259 e. The lowest BCUT2D eigenvalue weighted by Gasteiger charge is -2.03. The number of benzene rings is 2. The summed E-state index contributed by atoms with van der Waals surface area (Å²) >= 11 is 9.25. The third kappa shape index (κ3) is 3.66. The highest BCUT2D eigenvalue weighted by Gasteiger charge is 2.16. The Labute approximate surface area is 147 Å². The maximum atomic E-state index is 12.4. The van der Waals surface area contributed by atoms with Gasteiger partial charge in [-0.15, -0.1) is 0 Å². The van der Waals surface area contributed by atoms with Crippen LogP contribution in [0.3, 0.4) is 0 Å². The summed E-state index contributed by atoms with van der Waals surface area (Å²) in [6, 6.07) is 16.4. The number of amides is 1. The van der Waals surface area contributed by atoms with E-state index in [0.29, 0.717) is 22.1 Å². The summed E-state index contributed by atoms with van der Waals surface area (Å²) in [6.07, 6.45) is 0. The van der Waals surface area contributed by atoms with Crippen LogP contribution < -0.4 is 5.32 Å². The van der Waals surface area contributed by atoms with Crippen molar-refractivity contribution in [3.05, 3.63) is 75.4 Å². The molecule has 0 aliphatic heterocycles. The normalized spacial score (nSPS) is 10.6. The fraction of sp³-hybridized carbons (Fsp3) is 0.0556. The van der Waals surface area contributed by atoms with Gasteiger partial charge >= 0.3 is 0 Å². The van der Waals surface area contributed by atoms with Crippen molar-refractivity contribution in [1.82, 2.24) is 0 Å². The quantitative estimate of drug-likeness (QED) is 0.603. The molecule has 1 amide bonds. The summed E-state index contributed by atoms with van der Waals surface area (Å²) < 4.78 is 6.67. The summed E-state index contributed by atoms with van der Waals surface area (Å²) in [7, 11) is 0. The van der Waals surface area contributed by atoms with E-state index in [-0.39, 0.29) is 5.91 Å². The van der Waals surface area contributed by atoms with E-state index in [9.17, 15) is 4.79 Å². The van der Waals surface area contributed by atoms with Crippen LogP contribution in [-0.2, 0) is 0 Å². The highest BCUT2D eigenvalue weighted by atomic mass is 79.9. The van der Waals surface area contributed by atoms with Gasteiger partial charge in [-0.2, -0.15) is 0 Å². The van der Waals surface area contributed by atoms with Crippen molar-refractivity contribution in [2.45, 2.75) is 6.92 Å². The van der Waals surface area contributed by atoms with Crippen LogP contribution in [0.25, 0.3) is 11.3 Å². The van der Waals surface area contributed by atoms with Gasteiger partial charge in [-0.05, 0) is 61.5 Å². The number of anilines is 1. The Hall–Kier alpha value is -2.04.